The van der Waals surface area contributed by atoms with Crippen LogP contribution in [-0.4, -0.2) is 34.5 Å². The molecule has 0 amide bonds. The van der Waals surface area contributed by atoms with Crippen LogP contribution in [0.3, 0.4) is 0 Å². The summed E-state index contributed by atoms with van der Waals surface area (Å²) in [7, 11) is 0. The fourth-order valence-electron chi connectivity index (χ4n) is 3.10. The molecule has 2 N–H and O–H groups in total. The summed E-state index contributed by atoms with van der Waals surface area (Å²) >= 11 is 0. The van der Waals surface area contributed by atoms with Gasteiger partial charge in [-0.3, -0.25) is 0 Å². The van der Waals surface area contributed by atoms with Crippen molar-refractivity contribution in [3.05, 3.63) is 24.3 Å². The van der Waals surface area contributed by atoms with Gasteiger partial charge in [0.2, 0.25) is 0 Å². The zero-order chi connectivity index (χ0) is 14.5. The van der Waals surface area contributed by atoms with Crippen LogP contribution in [0.5, 0.6) is 0 Å². The van der Waals surface area contributed by atoms with Crippen LogP contribution >= 0.6 is 0 Å². The van der Waals surface area contributed by atoms with Crippen LogP contribution in [0.1, 0.15) is 39.0 Å². The minimum absolute atomic E-state index is 0.0246. The van der Waals surface area contributed by atoms with E-state index in [0.29, 0.717) is 12.8 Å². The largest absolute Gasteiger partial charge is 0.460 e. The Morgan fingerprint density at radius 3 is 2.85 bits per heavy atom. The van der Waals surface area contributed by atoms with E-state index in [1.54, 1.807) is 0 Å². The summed E-state index contributed by atoms with van der Waals surface area (Å²) in [5.74, 6) is -0.249. The van der Waals surface area contributed by atoms with Crippen LogP contribution in [0.2, 0.25) is 0 Å². The summed E-state index contributed by atoms with van der Waals surface area (Å²) in [5.41, 5.74) is 0. The van der Waals surface area contributed by atoms with Gasteiger partial charge in [-0.15, -0.1) is 0 Å². The van der Waals surface area contributed by atoms with Gasteiger partial charge in [0, 0.05) is 6.08 Å². The summed E-state index contributed by atoms with van der Waals surface area (Å²) in [6.45, 7) is 1.89. The zero-order valence-electron chi connectivity index (χ0n) is 11.9. The first-order valence-electron chi connectivity index (χ1n) is 7.48. The van der Waals surface area contributed by atoms with E-state index in [2.05, 4.69) is 12.2 Å². The average molecular weight is 280 g/mol. The van der Waals surface area contributed by atoms with Gasteiger partial charge in [0.15, 0.2) is 0 Å². The Kier molecular flexibility index (Phi) is 5.38. The molecule has 1 aliphatic carbocycles. The maximum atomic E-state index is 11.6. The zero-order valence-corrected chi connectivity index (χ0v) is 11.9. The molecule has 112 valence electrons. The number of hydrogen-bond donors (Lipinski definition) is 2. The molecule has 0 saturated heterocycles. The second kappa shape index (κ2) is 7.04. The summed E-state index contributed by atoms with van der Waals surface area (Å²) in [4.78, 5) is 11.6. The number of carbonyl (C=O) groups is 1. The van der Waals surface area contributed by atoms with Crippen LogP contribution < -0.4 is 0 Å². The Bertz CT molecular complexity index is 388. The SMILES string of the molecule is C[C@H]1CCC/C=C\[C@@H]2C[C@@H](O)C[C@H]2[C@H](O)/C=C\C(=O)O1. The van der Waals surface area contributed by atoms with E-state index < -0.39 is 12.1 Å². The van der Waals surface area contributed by atoms with E-state index in [1.165, 1.54) is 12.2 Å². The van der Waals surface area contributed by atoms with Gasteiger partial charge in [0.25, 0.3) is 0 Å². The molecule has 5 atom stereocenters. The Hall–Kier alpha value is -1.13. The minimum Gasteiger partial charge on any atom is -0.460 e. The topological polar surface area (TPSA) is 66.8 Å². The van der Waals surface area contributed by atoms with E-state index in [-0.39, 0.29) is 24.0 Å². The van der Waals surface area contributed by atoms with Gasteiger partial charge in [0.05, 0.1) is 18.3 Å². The molecule has 0 aromatic heterocycles. The number of carbonyl (C=O) groups excluding carboxylic acids is 1. The number of rotatable bonds is 0. The monoisotopic (exact) mass is 280 g/mol. The third-order valence-corrected chi connectivity index (χ3v) is 4.19. The highest BCUT2D eigenvalue weighted by molar-refractivity contribution is 5.82. The molecule has 0 aromatic carbocycles. The molecule has 0 bridgehead atoms. The number of hydrogen-bond acceptors (Lipinski definition) is 4. The molecule has 1 aliphatic heterocycles. The summed E-state index contributed by atoms with van der Waals surface area (Å²) in [5, 5.41) is 20.0. The lowest BCUT2D eigenvalue weighted by Crippen LogP contribution is -2.21. The lowest BCUT2D eigenvalue weighted by Gasteiger charge is -2.19. The first kappa shape index (κ1) is 15.3. The molecule has 0 spiro atoms. The van der Waals surface area contributed by atoms with Crippen molar-refractivity contribution >= 4 is 5.97 Å². The lowest BCUT2D eigenvalue weighted by molar-refractivity contribution is -0.142. The predicted octanol–water partition coefficient (Wildman–Crippen LogP) is 1.96. The molecule has 0 radical (unpaired) electrons. The molecule has 1 saturated carbocycles. The maximum absolute atomic E-state index is 11.6. The van der Waals surface area contributed by atoms with Crippen molar-refractivity contribution in [3.8, 4) is 0 Å². The van der Waals surface area contributed by atoms with Gasteiger partial charge in [-0.1, -0.05) is 12.2 Å². The highest BCUT2D eigenvalue weighted by Crippen LogP contribution is 2.36. The van der Waals surface area contributed by atoms with E-state index in [1.807, 2.05) is 6.92 Å². The number of ether oxygens (including phenoxy) is 1. The van der Waals surface area contributed by atoms with Crippen molar-refractivity contribution in [1.29, 1.82) is 0 Å². The van der Waals surface area contributed by atoms with Gasteiger partial charge >= 0.3 is 5.97 Å². The van der Waals surface area contributed by atoms with Crippen molar-refractivity contribution in [2.24, 2.45) is 11.8 Å². The molecule has 2 aliphatic rings. The third-order valence-electron chi connectivity index (χ3n) is 4.19. The van der Waals surface area contributed by atoms with Gasteiger partial charge in [0.1, 0.15) is 0 Å². The molecule has 0 aromatic rings. The number of cyclic esters (lactones) is 1. The molecule has 4 heteroatoms. The fraction of sp³-hybridized carbons (Fsp3) is 0.688. The number of aliphatic hydroxyl groups is 2. The fourth-order valence-corrected chi connectivity index (χ4v) is 3.10. The molecule has 0 unspecified atom stereocenters. The van der Waals surface area contributed by atoms with Crippen molar-refractivity contribution in [1.82, 2.24) is 0 Å². The number of aliphatic hydroxyl groups excluding tert-OH is 2. The summed E-state index contributed by atoms with van der Waals surface area (Å²) in [6.07, 6.45) is 9.87. The van der Waals surface area contributed by atoms with Crippen LogP contribution in [-0.2, 0) is 9.53 Å². The Labute approximate surface area is 120 Å². The first-order chi connectivity index (χ1) is 9.56. The Morgan fingerprint density at radius 2 is 2.05 bits per heavy atom. The molecule has 2 rings (SSSR count). The van der Waals surface area contributed by atoms with Crippen LogP contribution in [0.25, 0.3) is 0 Å². The van der Waals surface area contributed by atoms with Gasteiger partial charge in [-0.05, 0) is 56.9 Å². The van der Waals surface area contributed by atoms with Crippen molar-refractivity contribution < 1.29 is 19.7 Å². The Balaban J connectivity index is 2.11. The number of allylic oxidation sites excluding steroid dienone is 2. The van der Waals surface area contributed by atoms with Crippen LogP contribution in [0.4, 0.5) is 0 Å². The maximum Gasteiger partial charge on any atom is 0.330 e. The summed E-state index contributed by atoms with van der Waals surface area (Å²) < 4.78 is 5.23. The highest BCUT2D eigenvalue weighted by atomic mass is 16.5. The predicted molar refractivity (Wildman–Crippen MR) is 75.9 cm³/mol. The third kappa shape index (κ3) is 4.18. The summed E-state index contributed by atoms with van der Waals surface area (Å²) in [6, 6.07) is 0. The molecule has 1 heterocycles. The standard InChI is InChI=1S/C16H24O4/c1-11-5-3-2-4-6-12-9-13(17)10-14(12)15(18)7-8-16(19)20-11/h4,6-8,11-15,17-18H,2-3,5,9-10H2,1H3/b6-4-,8-7-/t11-,12+,13+,14+,15+/m0/s1. The van der Waals surface area contributed by atoms with Gasteiger partial charge < -0.3 is 14.9 Å². The van der Waals surface area contributed by atoms with Crippen molar-refractivity contribution in [2.45, 2.75) is 57.3 Å². The second-order valence-corrected chi connectivity index (χ2v) is 5.91. The van der Waals surface area contributed by atoms with Crippen molar-refractivity contribution in [3.63, 3.8) is 0 Å². The molecular formula is C16H24O4. The number of fused-ring (bicyclic) bond motifs is 1. The molecule has 20 heavy (non-hydrogen) atoms. The van der Waals surface area contributed by atoms with E-state index in [9.17, 15) is 15.0 Å². The average Bonchev–Trinajstić information content (AvgIpc) is 2.76. The normalized spacial score (nSPS) is 42.5. The quantitative estimate of drug-likeness (QED) is 0.526. The second-order valence-electron chi connectivity index (χ2n) is 5.91. The van der Waals surface area contributed by atoms with Crippen LogP contribution in [0.15, 0.2) is 24.3 Å². The molecule has 4 nitrogen and oxygen atoms in total. The van der Waals surface area contributed by atoms with E-state index in [0.717, 1.165) is 19.3 Å². The van der Waals surface area contributed by atoms with Gasteiger partial charge in [-0.2, -0.15) is 0 Å². The van der Waals surface area contributed by atoms with Gasteiger partial charge in [-0.25, -0.2) is 4.79 Å². The van der Waals surface area contributed by atoms with Crippen LogP contribution in [0, 0.1) is 11.8 Å². The first-order valence-corrected chi connectivity index (χ1v) is 7.48. The number of esters is 1. The van der Waals surface area contributed by atoms with E-state index in [4.69, 9.17) is 4.74 Å². The minimum atomic E-state index is -0.717. The molecule has 1 fully saturated rings. The molecular weight excluding hydrogens is 256 g/mol. The lowest BCUT2D eigenvalue weighted by atomic mass is 9.90. The van der Waals surface area contributed by atoms with E-state index >= 15 is 0 Å². The van der Waals surface area contributed by atoms with Crippen molar-refractivity contribution in [2.75, 3.05) is 0 Å². The highest BCUT2D eigenvalue weighted by Gasteiger charge is 2.35. The smallest absolute Gasteiger partial charge is 0.330 e. The Morgan fingerprint density at radius 1 is 1.25 bits per heavy atom.